The maximum Gasteiger partial charge on any atom is 0.335 e. The molecule has 0 aromatic rings. The van der Waals surface area contributed by atoms with Crippen molar-refractivity contribution in [1.82, 2.24) is 0 Å². The minimum Gasteiger partial charge on any atom is -0.464 e. The maximum absolute atomic E-state index is 13.6. The third kappa shape index (κ3) is 19.3. The van der Waals surface area contributed by atoms with Crippen LogP contribution in [0.25, 0.3) is 0 Å². The lowest BCUT2D eigenvalue weighted by Crippen LogP contribution is -2.49. The lowest BCUT2D eigenvalue weighted by Gasteiger charge is -2.27. The van der Waals surface area contributed by atoms with E-state index in [0.717, 1.165) is 83.5 Å². The van der Waals surface area contributed by atoms with Gasteiger partial charge < -0.3 is 14.2 Å². The molecule has 6 heteroatoms. The quantitative estimate of drug-likeness (QED) is 0.0363. The molecule has 0 aliphatic carbocycles. The van der Waals surface area contributed by atoms with Crippen molar-refractivity contribution >= 4 is 17.9 Å². The molecule has 0 radical (unpaired) electrons. The van der Waals surface area contributed by atoms with Gasteiger partial charge in [-0.05, 0) is 25.7 Å². The van der Waals surface area contributed by atoms with Gasteiger partial charge in [0.1, 0.15) is 0 Å². The van der Waals surface area contributed by atoms with Crippen molar-refractivity contribution in [2.45, 2.75) is 182 Å². The summed E-state index contributed by atoms with van der Waals surface area (Å²) in [4.78, 5) is 40.8. The van der Waals surface area contributed by atoms with Crippen LogP contribution in [0.4, 0.5) is 0 Å². The first-order chi connectivity index (χ1) is 20.0. The fraction of sp³-hybridized carbons (Fsp3) is 0.914. The molecule has 41 heavy (non-hydrogen) atoms. The van der Waals surface area contributed by atoms with E-state index in [1.54, 1.807) is 0 Å². The van der Waals surface area contributed by atoms with Crippen LogP contribution in [0.3, 0.4) is 0 Å². The number of hydrogen-bond acceptors (Lipinski definition) is 6. The van der Waals surface area contributed by atoms with Crippen LogP contribution in [0.15, 0.2) is 0 Å². The molecule has 0 unspecified atom stereocenters. The average Bonchev–Trinajstić information content (AvgIpc) is 2.97. The number of rotatable bonds is 30. The van der Waals surface area contributed by atoms with Gasteiger partial charge in [-0.25, -0.2) is 0 Å². The van der Waals surface area contributed by atoms with Crippen LogP contribution in [0.5, 0.6) is 0 Å². The van der Waals surface area contributed by atoms with Gasteiger partial charge in [0.2, 0.25) is 0 Å². The van der Waals surface area contributed by atoms with Crippen LogP contribution in [-0.4, -0.2) is 37.7 Å². The first-order valence-corrected chi connectivity index (χ1v) is 17.5. The molecule has 0 heterocycles. The molecule has 0 aromatic heterocycles. The molecule has 242 valence electrons. The van der Waals surface area contributed by atoms with Gasteiger partial charge in [-0.1, -0.05) is 156 Å². The summed E-state index contributed by atoms with van der Waals surface area (Å²) < 4.78 is 16.9. The van der Waals surface area contributed by atoms with Crippen LogP contribution < -0.4 is 0 Å². The van der Waals surface area contributed by atoms with E-state index in [0.29, 0.717) is 6.42 Å². The van der Waals surface area contributed by atoms with Crippen molar-refractivity contribution in [1.29, 1.82) is 0 Å². The Labute approximate surface area is 253 Å². The lowest BCUT2D eigenvalue weighted by molar-refractivity contribution is -0.185. The molecule has 0 fully saturated rings. The third-order valence-corrected chi connectivity index (χ3v) is 7.89. The predicted molar refractivity (Wildman–Crippen MR) is 169 cm³/mol. The van der Waals surface area contributed by atoms with Gasteiger partial charge in [0.25, 0.3) is 5.41 Å². The molecule has 0 spiro atoms. The van der Waals surface area contributed by atoms with Crippen molar-refractivity contribution in [3.63, 3.8) is 0 Å². The van der Waals surface area contributed by atoms with Crippen LogP contribution in [0.1, 0.15) is 182 Å². The molecule has 0 amide bonds. The number of unbranched alkanes of at least 4 members (excludes halogenated alkanes) is 19. The zero-order valence-electron chi connectivity index (χ0n) is 27.5. The molecule has 0 atom stereocenters. The minimum atomic E-state index is -2.03. The van der Waals surface area contributed by atoms with Crippen molar-refractivity contribution in [2.75, 3.05) is 19.8 Å². The van der Waals surface area contributed by atoms with Gasteiger partial charge in [-0.2, -0.15) is 0 Å². The Bertz CT molecular complexity index is 558. The number of carbonyl (C=O) groups excluding carboxylic acids is 3. The maximum atomic E-state index is 13.6. The highest BCUT2D eigenvalue weighted by Gasteiger charge is 2.57. The smallest absolute Gasteiger partial charge is 0.335 e. The molecular weight excluding hydrogens is 516 g/mol. The zero-order chi connectivity index (χ0) is 30.4. The Hall–Kier alpha value is -1.59. The topological polar surface area (TPSA) is 78.9 Å². The van der Waals surface area contributed by atoms with Crippen LogP contribution in [0.2, 0.25) is 0 Å². The van der Waals surface area contributed by atoms with E-state index >= 15 is 0 Å². The van der Waals surface area contributed by atoms with Crippen molar-refractivity contribution < 1.29 is 28.6 Å². The van der Waals surface area contributed by atoms with E-state index < -0.39 is 23.3 Å². The van der Waals surface area contributed by atoms with E-state index in [2.05, 4.69) is 27.7 Å². The second-order valence-corrected chi connectivity index (χ2v) is 11.8. The molecule has 0 N–H and O–H groups in total. The Morgan fingerprint density at radius 1 is 0.366 bits per heavy atom. The van der Waals surface area contributed by atoms with Gasteiger partial charge in [-0.3, -0.25) is 14.4 Å². The monoisotopic (exact) mass is 582 g/mol. The van der Waals surface area contributed by atoms with Crippen molar-refractivity contribution in [2.24, 2.45) is 5.41 Å². The fourth-order valence-electron chi connectivity index (χ4n) is 5.06. The zero-order valence-corrected chi connectivity index (χ0v) is 27.5. The van der Waals surface area contributed by atoms with E-state index in [-0.39, 0.29) is 26.2 Å². The summed E-state index contributed by atoms with van der Waals surface area (Å²) in [5, 5.41) is 0. The molecule has 0 saturated heterocycles. The second kappa shape index (κ2) is 28.5. The van der Waals surface area contributed by atoms with Gasteiger partial charge in [0, 0.05) is 0 Å². The SMILES string of the molecule is CCCCCCCCOC(=O)C(CCCCCCC)(C(=O)OCCCCCCCC)C(=O)OCCCCCCCC. The summed E-state index contributed by atoms with van der Waals surface area (Å²) >= 11 is 0. The summed E-state index contributed by atoms with van der Waals surface area (Å²) in [6, 6.07) is 0. The van der Waals surface area contributed by atoms with Gasteiger partial charge in [0.05, 0.1) is 19.8 Å². The third-order valence-electron chi connectivity index (χ3n) is 7.89. The predicted octanol–water partition coefficient (Wildman–Crippen LogP) is 10.0. The lowest BCUT2D eigenvalue weighted by atomic mass is 9.82. The van der Waals surface area contributed by atoms with Crippen molar-refractivity contribution in [3.8, 4) is 0 Å². The Morgan fingerprint density at radius 3 is 0.902 bits per heavy atom. The Morgan fingerprint density at radius 2 is 0.610 bits per heavy atom. The highest BCUT2D eigenvalue weighted by molar-refractivity contribution is 6.17. The van der Waals surface area contributed by atoms with E-state index in [1.165, 1.54) is 57.8 Å². The van der Waals surface area contributed by atoms with E-state index in [9.17, 15) is 14.4 Å². The molecule has 0 aromatic carbocycles. The average molecular weight is 583 g/mol. The largest absolute Gasteiger partial charge is 0.464 e. The molecule has 6 nitrogen and oxygen atoms in total. The fourth-order valence-corrected chi connectivity index (χ4v) is 5.06. The summed E-state index contributed by atoms with van der Waals surface area (Å²) in [7, 11) is 0. The van der Waals surface area contributed by atoms with E-state index in [4.69, 9.17) is 14.2 Å². The first kappa shape index (κ1) is 39.4. The number of carbonyl (C=O) groups is 3. The molecule has 0 bridgehead atoms. The molecule has 0 rings (SSSR count). The van der Waals surface area contributed by atoms with Crippen molar-refractivity contribution in [3.05, 3.63) is 0 Å². The number of esters is 3. The van der Waals surface area contributed by atoms with Crippen LogP contribution in [-0.2, 0) is 28.6 Å². The second-order valence-electron chi connectivity index (χ2n) is 11.8. The normalized spacial score (nSPS) is 11.4. The Balaban J connectivity index is 5.41. The van der Waals surface area contributed by atoms with E-state index in [1.807, 2.05) is 0 Å². The summed E-state index contributed by atoms with van der Waals surface area (Å²) in [6.07, 6.45) is 23.6. The number of ether oxygens (including phenoxy) is 3. The van der Waals surface area contributed by atoms with Gasteiger partial charge >= 0.3 is 17.9 Å². The highest BCUT2D eigenvalue weighted by Crippen LogP contribution is 2.32. The van der Waals surface area contributed by atoms with Gasteiger partial charge in [0.15, 0.2) is 0 Å². The summed E-state index contributed by atoms with van der Waals surface area (Å²) in [5.41, 5.74) is -2.03. The molecule has 0 saturated carbocycles. The molecule has 0 aliphatic rings. The standard InChI is InChI=1S/C35H66O6/c1-5-9-13-17-21-25-29-39-32(36)35(28-24-20-16-12-8-4,33(37)40-30-26-22-18-14-10-6-2)34(38)41-31-27-23-19-15-11-7-3/h5-31H2,1-4H3. The molecule has 0 aliphatic heterocycles. The summed E-state index contributed by atoms with van der Waals surface area (Å²) in [6.45, 7) is 9.30. The van der Waals surface area contributed by atoms with Crippen LogP contribution >= 0.6 is 0 Å². The minimum absolute atomic E-state index is 0.0801. The first-order valence-electron chi connectivity index (χ1n) is 17.5. The van der Waals surface area contributed by atoms with Crippen LogP contribution in [0, 0.1) is 5.41 Å². The molecular formula is C35H66O6. The highest BCUT2D eigenvalue weighted by atomic mass is 16.6. The summed E-state index contributed by atoms with van der Waals surface area (Å²) in [5.74, 6) is -2.37. The number of hydrogen-bond donors (Lipinski definition) is 0. The Kier molecular flexibility index (Phi) is 27.4. The van der Waals surface area contributed by atoms with Gasteiger partial charge in [-0.15, -0.1) is 0 Å².